The second kappa shape index (κ2) is 19.4. The molecule has 1 N–H and O–H groups in total. The molecule has 51 heavy (non-hydrogen) atoms. The largest absolute Gasteiger partial charge is 0.484 e. The van der Waals surface area contributed by atoms with E-state index in [1.54, 1.807) is 30.1 Å². The summed E-state index contributed by atoms with van der Waals surface area (Å²) in [6, 6.07) is 9.37. The Morgan fingerprint density at radius 3 is 2.41 bits per heavy atom. The van der Waals surface area contributed by atoms with E-state index in [9.17, 15) is 9.59 Å². The van der Waals surface area contributed by atoms with E-state index in [-0.39, 0.29) is 47.0 Å². The summed E-state index contributed by atoms with van der Waals surface area (Å²) in [6.07, 6.45) is 1.67. The summed E-state index contributed by atoms with van der Waals surface area (Å²) in [7, 11) is 0.0772. The van der Waals surface area contributed by atoms with Gasteiger partial charge in [-0.15, -0.1) is 0 Å². The van der Waals surface area contributed by atoms with E-state index in [4.69, 9.17) is 28.0 Å². The first-order valence-corrected chi connectivity index (χ1v) is 19.4. The molecule has 2 unspecified atom stereocenters. The zero-order valence-electron chi connectivity index (χ0n) is 31.1. The Bertz CT molecular complexity index is 1530. The lowest BCUT2D eigenvalue weighted by atomic mass is 10.00. The predicted molar refractivity (Wildman–Crippen MR) is 198 cm³/mol. The van der Waals surface area contributed by atoms with Gasteiger partial charge in [-0.3, -0.25) is 14.2 Å². The Morgan fingerprint density at radius 2 is 1.76 bits per heavy atom. The first-order valence-electron chi connectivity index (χ1n) is 17.3. The lowest BCUT2D eigenvalue weighted by Gasteiger charge is -2.38. The van der Waals surface area contributed by atoms with Gasteiger partial charge in [0, 0.05) is 30.4 Å². The van der Waals surface area contributed by atoms with Gasteiger partial charge in [-0.05, 0) is 46.2 Å². The molecule has 0 aliphatic carbocycles. The Morgan fingerprint density at radius 1 is 1.04 bits per heavy atom. The minimum absolute atomic E-state index is 0.136. The number of ether oxygens (including phenoxy) is 4. The molecule has 1 aliphatic heterocycles. The standard InChI is InChI=1S/C35H53N6O8PS/c1-10-26-29(49-50(41(23(2)3)24(4)5)47-17-16-45-18-19-51-34(43)35(6,7)8)30(44-9)33(48-26)40-22-38-28-31(36-21-37-32(28)40)39-27(42)20-46-25-14-12-11-13-15-25/h11-15,21-24,26,29-30,33H,10,16-20H2,1-9H3,(H,36,37,39,42)/t26-,29?,30+,33-,50?/m1/s1. The number of amides is 1. The molecule has 0 saturated carbocycles. The van der Waals surface area contributed by atoms with Gasteiger partial charge in [0.1, 0.15) is 24.3 Å². The Kier molecular flexibility index (Phi) is 15.6. The highest BCUT2D eigenvalue weighted by molar-refractivity contribution is 8.13. The number of thioether (sulfide) groups is 1. The van der Waals surface area contributed by atoms with Gasteiger partial charge in [0.2, 0.25) is 0 Å². The third kappa shape index (κ3) is 11.1. The number of nitrogens with one attached hydrogen (secondary N) is 1. The van der Waals surface area contributed by atoms with Crippen LogP contribution in [0, 0.1) is 5.41 Å². The van der Waals surface area contributed by atoms with Crippen molar-refractivity contribution in [3.05, 3.63) is 43.0 Å². The van der Waals surface area contributed by atoms with Gasteiger partial charge >= 0.3 is 0 Å². The molecule has 16 heteroatoms. The van der Waals surface area contributed by atoms with Crippen molar-refractivity contribution in [3.8, 4) is 5.75 Å². The van der Waals surface area contributed by atoms with E-state index in [2.05, 4.69) is 52.6 Å². The minimum Gasteiger partial charge on any atom is -0.484 e. The van der Waals surface area contributed by atoms with Crippen LogP contribution >= 0.6 is 20.3 Å². The molecule has 1 fully saturated rings. The van der Waals surface area contributed by atoms with Crippen LogP contribution in [0.4, 0.5) is 5.82 Å². The zero-order valence-corrected chi connectivity index (χ0v) is 32.8. The van der Waals surface area contributed by atoms with Crippen molar-refractivity contribution in [2.45, 2.75) is 98.4 Å². The van der Waals surface area contributed by atoms with E-state index in [1.807, 2.05) is 45.9 Å². The summed E-state index contributed by atoms with van der Waals surface area (Å²) in [5.74, 6) is 1.05. The molecular formula is C35H53N6O8PS. The maximum absolute atomic E-state index is 12.7. The molecule has 282 valence electrons. The third-order valence-corrected chi connectivity index (χ3v) is 11.3. The topological polar surface area (TPSA) is 148 Å². The fraction of sp³-hybridized carbons (Fsp3) is 0.629. The molecule has 0 spiro atoms. The van der Waals surface area contributed by atoms with Crippen molar-refractivity contribution >= 4 is 48.3 Å². The normalized spacial score (nSPS) is 20.1. The molecule has 0 radical (unpaired) electrons. The van der Waals surface area contributed by atoms with Crippen molar-refractivity contribution in [1.82, 2.24) is 24.2 Å². The number of carbonyl (C=O) groups is 2. The van der Waals surface area contributed by atoms with Gasteiger partial charge in [0.25, 0.3) is 14.4 Å². The van der Waals surface area contributed by atoms with Crippen LogP contribution in [-0.2, 0) is 32.8 Å². The lowest BCUT2D eigenvalue weighted by molar-refractivity contribution is -0.118. The van der Waals surface area contributed by atoms with Crippen LogP contribution < -0.4 is 10.1 Å². The molecule has 1 saturated heterocycles. The monoisotopic (exact) mass is 748 g/mol. The number of rotatable bonds is 19. The van der Waals surface area contributed by atoms with E-state index in [0.29, 0.717) is 48.9 Å². The van der Waals surface area contributed by atoms with Gasteiger partial charge < -0.3 is 33.3 Å². The van der Waals surface area contributed by atoms with Crippen LogP contribution in [0.25, 0.3) is 11.2 Å². The van der Waals surface area contributed by atoms with Crippen LogP contribution in [0.1, 0.15) is 68.0 Å². The SMILES string of the molecule is CC[C@H]1O[C@@H](n2cnc3c(NC(=O)COc4ccccc4)ncnc32)[C@@H](OC)C1OP(OCCOCCSC(=O)C(C)(C)C)N(C(C)C)C(C)C. The first-order chi connectivity index (χ1) is 24.3. The smallest absolute Gasteiger partial charge is 0.263 e. The number of para-hydroxylation sites is 1. The van der Waals surface area contributed by atoms with Crippen molar-refractivity contribution in [2.75, 3.05) is 44.6 Å². The van der Waals surface area contributed by atoms with Crippen molar-refractivity contribution in [3.63, 3.8) is 0 Å². The summed E-state index contributed by atoms with van der Waals surface area (Å²) in [6.45, 7) is 17.2. The maximum Gasteiger partial charge on any atom is 0.263 e. The Hall–Kier alpha value is -2.75. The molecule has 4 rings (SSSR count). The summed E-state index contributed by atoms with van der Waals surface area (Å²) in [4.78, 5) is 38.3. The Balaban J connectivity index is 1.45. The minimum atomic E-state index is -1.55. The van der Waals surface area contributed by atoms with E-state index in [0.717, 1.165) is 0 Å². The number of benzene rings is 1. The second-order valence-corrected chi connectivity index (χ2v) is 16.1. The van der Waals surface area contributed by atoms with Crippen LogP contribution in [0.15, 0.2) is 43.0 Å². The molecule has 5 atom stereocenters. The Labute approximate surface area is 306 Å². The molecule has 2 aromatic heterocycles. The van der Waals surface area contributed by atoms with Gasteiger partial charge in [0.15, 0.2) is 34.9 Å². The molecular weight excluding hydrogens is 695 g/mol. The molecule has 0 bridgehead atoms. The summed E-state index contributed by atoms with van der Waals surface area (Å²) in [5, 5.41) is 2.93. The molecule has 1 amide bonds. The number of nitrogens with zero attached hydrogens (tertiary/aromatic N) is 5. The fourth-order valence-corrected chi connectivity index (χ4v) is 8.09. The highest BCUT2D eigenvalue weighted by atomic mass is 32.2. The highest BCUT2D eigenvalue weighted by Crippen LogP contribution is 2.51. The average Bonchev–Trinajstić information content (AvgIpc) is 3.67. The van der Waals surface area contributed by atoms with Crippen molar-refractivity contribution in [2.24, 2.45) is 5.41 Å². The number of hydrogen-bond acceptors (Lipinski definition) is 13. The number of hydrogen-bond donors (Lipinski definition) is 1. The molecule has 1 aromatic carbocycles. The first kappa shape index (κ1) is 41.0. The summed E-state index contributed by atoms with van der Waals surface area (Å²) in [5.41, 5.74) is 0.491. The number of methoxy groups -OCH3 is 1. The molecule has 3 aromatic rings. The van der Waals surface area contributed by atoms with Crippen LogP contribution in [-0.4, -0.2) is 105 Å². The van der Waals surface area contributed by atoms with Crippen LogP contribution in [0.2, 0.25) is 0 Å². The number of aromatic nitrogens is 4. The number of fused-ring (bicyclic) bond motifs is 1. The van der Waals surface area contributed by atoms with Gasteiger partial charge in [0.05, 0.1) is 32.3 Å². The molecule has 1 aliphatic rings. The lowest BCUT2D eigenvalue weighted by Crippen LogP contribution is -2.39. The van der Waals surface area contributed by atoms with Crippen LogP contribution in [0.5, 0.6) is 5.75 Å². The van der Waals surface area contributed by atoms with E-state index < -0.39 is 27.0 Å². The number of carbonyl (C=O) groups excluding carboxylic acids is 2. The van der Waals surface area contributed by atoms with Gasteiger partial charge in [-0.1, -0.05) is 57.7 Å². The summed E-state index contributed by atoms with van der Waals surface area (Å²) >= 11 is 1.29. The third-order valence-electron chi connectivity index (χ3n) is 7.93. The number of anilines is 1. The number of imidazole rings is 1. The molecule has 3 heterocycles. The second-order valence-electron chi connectivity index (χ2n) is 13.6. The van der Waals surface area contributed by atoms with Gasteiger partial charge in [-0.2, -0.15) is 0 Å². The summed E-state index contributed by atoms with van der Waals surface area (Å²) < 4.78 is 41.3. The van der Waals surface area contributed by atoms with Crippen molar-refractivity contribution in [1.29, 1.82) is 0 Å². The fourth-order valence-electron chi connectivity index (χ4n) is 5.52. The zero-order chi connectivity index (χ0) is 37.1. The van der Waals surface area contributed by atoms with E-state index in [1.165, 1.54) is 18.1 Å². The van der Waals surface area contributed by atoms with Crippen molar-refractivity contribution < 1.29 is 37.6 Å². The maximum atomic E-state index is 12.7. The van der Waals surface area contributed by atoms with E-state index >= 15 is 0 Å². The predicted octanol–water partition coefficient (Wildman–Crippen LogP) is 6.24. The highest BCUT2D eigenvalue weighted by Gasteiger charge is 2.49. The van der Waals surface area contributed by atoms with Crippen LogP contribution in [0.3, 0.4) is 0 Å². The molecule has 14 nitrogen and oxygen atoms in total. The van der Waals surface area contributed by atoms with Gasteiger partial charge in [-0.25, -0.2) is 19.6 Å². The quantitative estimate of drug-likeness (QED) is 0.109. The average molecular weight is 749 g/mol.